The molecular formula is C68H114F4N2O22. The van der Waals surface area contributed by atoms with E-state index in [0.717, 1.165) is 75.6 Å². The summed E-state index contributed by atoms with van der Waals surface area (Å²) in [5.41, 5.74) is -0.343. The molecule has 24 nitrogen and oxygen atoms in total. The lowest BCUT2D eigenvalue weighted by Gasteiger charge is -2.40. The van der Waals surface area contributed by atoms with Crippen LogP contribution in [0.25, 0.3) is 0 Å². The maximum Gasteiger partial charge on any atom is 0.223 e. The number of halogens is 4. The summed E-state index contributed by atoms with van der Waals surface area (Å²) in [6.45, 7) is 1.83. The van der Waals surface area contributed by atoms with E-state index in [0.29, 0.717) is 25.0 Å². The van der Waals surface area contributed by atoms with Gasteiger partial charge in [-0.2, -0.15) is 0 Å². The number of hydrogen-bond donors (Lipinski definition) is 18. The highest BCUT2D eigenvalue weighted by Crippen LogP contribution is 2.28. The number of unbranched alkanes of at least 4 members (excludes halogenated alkanes) is 22. The standard InChI is InChI=1S/2C34H57F2NO11/c2*1-2-3-4-5-6-7-8-9-10-11-12-13-14-25(39)30(43)24(20-47-34-33(46)32(45)31(44)27(19-38)48-34)37-28(41)18-26(40)29(42)21-15-16-22(35)23(36)17-21/h2*15-17,24-27,29-34,38-40,42-46H,2-14,18-20H2,1H3,(H,37,41)/t24-,25+,26+,27?,29-,30-,31-,32-,33?,34-;24-,25+,26-,27?,29+,30-,31-,32-,33?,34-/m00/s1. The summed E-state index contributed by atoms with van der Waals surface area (Å²) in [7, 11) is 0. The van der Waals surface area contributed by atoms with Crippen molar-refractivity contribution in [3.63, 3.8) is 0 Å². The lowest BCUT2D eigenvalue weighted by atomic mass is 9.98. The number of rotatable bonds is 48. The highest BCUT2D eigenvalue weighted by molar-refractivity contribution is 5.77. The largest absolute Gasteiger partial charge is 0.394 e. The van der Waals surface area contributed by atoms with Crippen LogP contribution in [-0.4, -0.2) is 230 Å². The van der Waals surface area contributed by atoms with Gasteiger partial charge in [-0.3, -0.25) is 9.59 Å². The van der Waals surface area contributed by atoms with Gasteiger partial charge in [0, 0.05) is 0 Å². The van der Waals surface area contributed by atoms with Crippen molar-refractivity contribution in [3.8, 4) is 0 Å². The molecule has 0 spiro atoms. The van der Waals surface area contributed by atoms with Crippen molar-refractivity contribution < 1.29 is 128 Å². The Kier molecular flexibility index (Phi) is 43.4. The first kappa shape index (κ1) is 86.5. The molecule has 4 rings (SSSR count). The zero-order valence-corrected chi connectivity index (χ0v) is 55.8. The van der Waals surface area contributed by atoms with Crippen LogP contribution < -0.4 is 10.6 Å². The van der Waals surface area contributed by atoms with E-state index in [1.807, 2.05) is 0 Å². The van der Waals surface area contributed by atoms with Crippen LogP contribution in [0.15, 0.2) is 36.4 Å². The van der Waals surface area contributed by atoms with Crippen molar-refractivity contribution in [2.75, 3.05) is 26.4 Å². The predicted octanol–water partition coefficient (Wildman–Crippen LogP) is 3.73. The Labute approximate surface area is 561 Å². The van der Waals surface area contributed by atoms with Crippen LogP contribution >= 0.6 is 0 Å². The minimum Gasteiger partial charge on any atom is -0.394 e. The van der Waals surface area contributed by atoms with Crippen molar-refractivity contribution in [1.82, 2.24) is 10.6 Å². The van der Waals surface area contributed by atoms with Crippen molar-refractivity contribution >= 4 is 11.8 Å². The number of benzene rings is 2. The first-order valence-corrected chi connectivity index (χ1v) is 34.6. The molecule has 2 saturated heterocycles. The average molecular weight is 1390 g/mol. The van der Waals surface area contributed by atoms with Gasteiger partial charge in [0.2, 0.25) is 11.8 Å². The van der Waals surface area contributed by atoms with Gasteiger partial charge < -0.3 is 111 Å². The van der Waals surface area contributed by atoms with Gasteiger partial charge in [-0.05, 0) is 48.2 Å². The number of ether oxygens (including phenoxy) is 4. The second-order valence-corrected chi connectivity index (χ2v) is 25.7. The molecule has 2 aliphatic heterocycles. The normalized spacial score (nSPS) is 24.5. The summed E-state index contributed by atoms with van der Waals surface area (Å²) in [5.74, 6) is -6.61. The molecule has 18 N–H and O–H groups in total. The third kappa shape index (κ3) is 31.0. The van der Waals surface area contributed by atoms with Crippen molar-refractivity contribution in [3.05, 3.63) is 70.8 Å². The molecule has 20 atom stereocenters. The van der Waals surface area contributed by atoms with Crippen molar-refractivity contribution in [2.45, 2.75) is 316 Å². The molecule has 2 aromatic carbocycles. The van der Waals surface area contributed by atoms with E-state index >= 15 is 0 Å². The topological polar surface area (TPSA) is 419 Å². The Morgan fingerprint density at radius 3 is 0.990 bits per heavy atom. The molecule has 0 saturated carbocycles. The summed E-state index contributed by atoms with van der Waals surface area (Å²) in [4.78, 5) is 25.8. The first-order valence-electron chi connectivity index (χ1n) is 34.6. The molecule has 2 aromatic rings. The average Bonchev–Trinajstić information content (AvgIpc) is 0.842. The lowest BCUT2D eigenvalue weighted by molar-refractivity contribution is -0.303. The quantitative estimate of drug-likeness (QED) is 0.0331. The summed E-state index contributed by atoms with van der Waals surface area (Å²) in [6.07, 6.45) is -3.12. The molecular weight excluding hydrogens is 1270 g/mol. The smallest absolute Gasteiger partial charge is 0.223 e. The second-order valence-electron chi connectivity index (χ2n) is 25.7. The predicted molar refractivity (Wildman–Crippen MR) is 343 cm³/mol. The monoisotopic (exact) mass is 1390 g/mol. The van der Waals surface area contributed by atoms with Gasteiger partial charge in [-0.1, -0.05) is 180 Å². The number of carbonyl (C=O) groups is 2. The molecule has 96 heavy (non-hydrogen) atoms. The second kappa shape index (κ2) is 48.2. The molecule has 2 aliphatic rings. The third-order valence-corrected chi connectivity index (χ3v) is 17.7. The van der Waals surface area contributed by atoms with E-state index in [1.54, 1.807) is 0 Å². The lowest BCUT2D eigenvalue weighted by Crippen LogP contribution is -2.60. The SMILES string of the molecule is CCCCCCCCCCCCCC[C@@H](O)[C@@H](O)[C@H](CO[C@H]1OC(CO)[C@H](O)[C@H](O)C1O)NC(=O)C[C@@H](O)[C@@H](O)c1ccc(F)c(F)c1.CCCCCCCCCCCCCC[C@@H](O)[C@@H](O)[C@H](CO[C@H]1OC(CO)[C@H](O)[C@H](O)C1O)NC(=O)C[C@H](O)[C@H](O)c1ccc(F)c(F)c1. The van der Waals surface area contributed by atoms with Crippen LogP contribution in [0.2, 0.25) is 0 Å². The van der Waals surface area contributed by atoms with Crippen LogP contribution in [0.5, 0.6) is 0 Å². The van der Waals surface area contributed by atoms with Crippen LogP contribution in [0.3, 0.4) is 0 Å². The molecule has 4 unspecified atom stereocenters. The summed E-state index contributed by atoms with van der Waals surface area (Å²) >= 11 is 0. The van der Waals surface area contributed by atoms with E-state index in [-0.39, 0.29) is 24.0 Å². The maximum absolute atomic E-state index is 13.6. The molecule has 2 fully saturated rings. The number of nitrogens with one attached hydrogen (secondary N) is 2. The van der Waals surface area contributed by atoms with Crippen molar-refractivity contribution in [2.24, 2.45) is 0 Å². The number of aliphatic hydroxyl groups is 16. The fourth-order valence-electron chi connectivity index (χ4n) is 11.5. The Morgan fingerprint density at radius 2 is 0.708 bits per heavy atom. The van der Waals surface area contributed by atoms with Crippen molar-refractivity contribution in [1.29, 1.82) is 0 Å². The molecule has 0 aromatic heterocycles. The molecule has 0 bridgehead atoms. The van der Waals surface area contributed by atoms with Gasteiger partial charge >= 0.3 is 0 Å². The van der Waals surface area contributed by atoms with Crippen LogP contribution in [0.4, 0.5) is 17.6 Å². The zero-order valence-electron chi connectivity index (χ0n) is 55.8. The number of aliphatic hydroxyl groups excluding tert-OH is 16. The Hall–Kier alpha value is -3.70. The highest BCUT2D eigenvalue weighted by Gasteiger charge is 2.46. The minimum absolute atomic E-state index is 0.172. The Morgan fingerprint density at radius 1 is 0.417 bits per heavy atom. The molecule has 556 valence electrons. The zero-order chi connectivity index (χ0) is 71.3. The van der Waals surface area contributed by atoms with Gasteiger partial charge in [0.1, 0.15) is 73.2 Å². The van der Waals surface area contributed by atoms with Gasteiger partial charge in [0.15, 0.2) is 35.8 Å². The van der Waals surface area contributed by atoms with E-state index in [1.165, 1.54) is 89.9 Å². The highest BCUT2D eigenvalue weighted by atomic mass is 19.2. The van der Waals surface area contributed by atoms with E-state index in [2.05, 4.69) is 24.5 Å². The van der Waals surface area contributed by atoms with Crippen LogP contribution in [-0.2, 0) is 28.5 Å². The van der Waals surface area contributed by atoms with E-state index in [9.17, 15) is 109 Å². The number of hydrogen-bond acceptors (Lipinski definition) is 22. The van der Waals surface area contributed by atoms with Gasteiger partial charge in [-0.15, -0.1) is 0 Å². The van der Waals surface area contributed by atoms with Gasteiger partial charge in [0.05, 0.1) is 75.8 Å². The molecule has 0 radical (unpaired) electrons. The van der Waals surface area contributed by atoms with E-state index in [4.69, 9.17) is 18.9 Å². The first-order chi connectivity index (χ1) is 45.8. The summed E-state index contributed by atoms with van der Waals surface area (Å²) in [6, 6.07) is 2.33. The summed E-state index contributed by atoms with van der Waals surface area (Å²) < 4.78 is 75.5. The Bertz CT molecular complexity index is 2240. The van der Waals surface area contributed by atoms with Crippen LogP contribution in [0, 0.1) is 23.3 Å². The fraction of sp³-hybridized carbons (Fsp3) is 0.794. The Balaban J connectivity index is 0.000000500. The van der Waals surface area contributed by atoms with Gasteiger partial charge in [-0.25, -0.2) is 17.6 Å². The maximum atomic E-state index is 13.6. The number of carbonyl (C=O) groups excluding carboxylic acids is 2. The molecule has 2 heterocycles. The molecule has 28 heteroatoms. The molecule has 2 amide bonds. The van der Waals surface area contributed by atoms with Gasteiger partial charge in [0.25, 0.3) is 0 Å². The minimum atomic E-state index is -1.76. The summed E-state index contributed by atoms with van der Waals surface area (Å²) in [5, 5.41) is 170. The molecule has 0 aliphatic carbocycles. The third-order valence-electron chi connectivity index (χ3n) is 17.7. The fourth-order valence-corrected chi connectivity index (χ4v) is 11.5. The van der Waals surface area contributed by atoms with E-state index < -0.39 is 197 Å². The number of amides is 2. The van der Waals surface area contributed by atoms with Crippen LogP contribution in [0.1, 0.15) is 217 Å².